The van der Waals surface area contributed by atoms with Crippen LogP contribution in [0.5, 0.6) is 0 Å². The number of carbonyl (C=O) groups excluding carboxylic acids is 1. The lowest BCUT2D eigenvalue weighted by molar-refractivity contribution is -0.137. The lowest BCUT2D eigenvalue weighted by Gasteiger charge is -2.13. The lowest BCUT2D eigenvalue weighted by Crippen LogP contribution is -2.36. The van der Waals surface area contributed by atoms with Crippen LogP contribution in [0.3, 0.4) is 0 Å². The average molecular weight is 430 g/mol. The molecule has 2 N–H and O–H groups in total. The van der Waals surface area contributed by atoms with Gasteiger partial charge in [-0.1, -0.05) is 24.3 Å². The highest BCUT2D eigenvalue weighted by Gasteiger charge is 2.30. The molecule has 0 aliphatic carbocycles. The van der Waals surface area contributed by atoms with Gasteiger partial charge in [-0.2, -0.15) is 13.2 Å². The SMILES string of the molecule is CCOC(C=Nc1cccc(C(F)(F)F)c1)C(=O)C(=N)C(CC=N)=Nc1ccccc1. The lowest BCUT2D eigenvalue weighted by atomic mass is 10.0. The zero-order chi connectivity index (χ0) is 22.9. The number of benzene rings is 2. The Morgan fingerprint density at radius 1 is 1.13 bits per heavy atom. The van der Waals surface area contributed by atoms with Gasteiger partial charge in [-0.3, -0.25) is 20.2 Å². The third-order valence-electron chi connectivity index (χ3n) is 3.99. The fourth-order valence-corrected chi connectivity index (χ4v) is 2.53. The second-order valence-electron chi connectivity index (χ2n) is 6.24. The molecule has 0 heterocycles. The number of alkyl halides is 3. The summed E-state index contributed by atoms with van der Waals surface area (Å²) in [5.41, 5.74) is -0.735. The maximum Gasteiger partial charge on any atom is 0.416 e. The second-order valence-corrected chi connectivity index (χ2v) is 6.24. The molecule has 6 nitrogen and oxygen atoms in total. The molecule has 0 bridgehead atoms. The summed E-state index contributed by atoms with van der Waals surface area (Å²) in [5, 5.41) is 15.6. The number of aliphatic imine (C=N–C) groups is 2. The van der Waals surface area contributed by atoms with Gasteiger partial charge < -0.3 is 10.1 Å². The van der Waals surface area contributed by atoms with Crippen LogP contribution in [0.15, 0.2) is 64.6 Å². The number of Topliss-reactive ketones (excluding diaryl/α,β-unsaturated/α-hetero) is 1. The number of hydrogen-bond acceptors (Lipinski definition) is 6. The van der Waals surface area contributed by atoms with E-state index in [1.165, 1.54) is 12.1 Å². The zero-order valence-corrected chi connectivity index (χ0v) is 16.7. The van der Waals surface area contributed by atoms with Crippen molar-refractivity contribution in [1.82, 2.24) is 0 Å². The van der Waals surface area contributed by atoms with Crippen molar-refractivity contribution < 1.29 is 22.7 Å². The Morgan fingerprint density at radius 2 is 1.81 bits per heavy atom. The number of hydrogen-bond donors (Lipinski definition) is 2. The molecule has 1 atom stereocenters. The number of carbonyl (C=O) groups is 1. The van der Waals surface area contributed by atoms with Gasteiger partial charge in [0.25, 0.3) is 0 Å². The predicted molar refractivity (Wildman–Crippen MR) is 115 cm³/mol. The van der Waals surface area contributed by atoms with E-state index in [0.29, 0.717) is 5.69 Å². The highest BCUT2D eigenvalue weighted by molar-refractivity contribution is 6.69. The number of nitrogens with one attached hydrogen (secondary N) is 2. The first kappa shape index (κ1) is 23.8. The summed E-state index contributed by atoms with van der Waals surface area (Å²) in [4.78, 5) is 21.0. The minimum Gasteiger partial charge on any atom is -0.365 e. The normalized spacial score (nSPS) is 13.2. The molecule has 2 aromatic carbocycles. The van der Waals surface area contributed by atoms with Crippen LogP contribution in [0.25, 0.3) is 0 Å². The molecular formula is C22H21F3N4O2. The van der Waals surface area contributed by atoms with Crippen molar-refractivity contribution in [1.29, 1.82) is 10.8 Å². The quantitative estimate of drug-likeness (QED) is 0.506. The van der Waals surface area contributed by atoms with Gasteiger partial charge in [0.1, 0.15) is 5.71 Å². The van der Waals surface area contributed by atoms with Gasteiger partial charge in [-0.15, -0.1) is 0 Å². The fraction of sp³-hybridized carbons (Fsp3) is 0.227. The van der Waals surface area contributed by atoms with Crippen molar-refractivity contribution in [3.8, 4) is 0 Å². The van der Waals surface area contributed by atoms with E-state index >= 15 is 0 Å². The topological polar surface area (TPSA) is 98.7 Å². The Morgan fingerprint density at radius 3 is 2.42 bits per heavy atom. The van der Waals surface area contributed by atoms with Gasteiger partial charge in [0, 0.05) is 25.5 Å². The molecule has 1 unspecified atom stereocenters. The minimum absolute atomic E-state index is 0.00322. The molecule has 0 spiro atoms. The maximum absolute atomic E-state index is 12.9. The van der Waals surface area contributed by atoms with Gasteiger partial charge in [0.15, 0.2) is 6.10 Å². The monoisotopic (exact) mass is 430 g/mol. The van der Waals surface area contributed by atoms with Crippen LogP contribution >= 0.6 is 0 Å². The maximum atomic E-state index is 12.9. The second kappa shape index (κ2) is 11.1. The van der Waals surface area contributed by atoms with Crippen molar-refractivity contribution in [2.45, 2.75) is 25.6 Å². The molecule has 0 aliphatic rings. The van der Waals surface area contributed by atoms with Crippen LogP contribution in [0, 0.1) is 10.8 Å². The van der Waals surface area contributed by atoms with Gasteiger partial charge in [0.05, 0.1) is 22.6 Å². The van der Waals surface area contributed by atoms with Gasteiger partial charge >= 0.3 is 6.18 Å². The molecule has 31 heavy (non-hydrogen) atoms. The largest absolute Gasteiger partial charge is 0.416 e. The van der Waals surface area contributed by atoms with Crippen LogP contribution in [0.4, 0.5) is 24.5 Å². The van der Waals surface area contributed by atoms with Gasteiger partial charge in [-0.05, 0) is 37.3 Å². The highest BCUT2D eigenvalue weighted by atomic mass is 19.4. The van der Waals surface area contributed by atoms with Crippen molar-refractivity contribution in [3.05, 3.63) is 60.2 Å². The molecular weight excluding hydrogens is 409 g/mol. The van der Waals surface area contributed by atoms with E-state index < -0.39 is 29.3 Å². The number of rotatable bonds is 10. The van der Waals surface area contributed by atoms with E-state index in [1.807, 2.05) is 0 Å². The molecule has 0 fully saturated rings. The Hall–Kier alpha value is -3.46. The first-order valence-corrected chi connectivity index (χ1v) is 9.34. The van der Waals surface area contributed by atoms with Gasteiger partial charge in [0.2, 0.25) is 5.78 Å². The van der Waals surface area contributed by atoms with E-state index in [-0.39, 0.29) is 24.4 Å². The predicted octanol–water partition coefficient (Wildman–Crippen LogP) is 5.21. The number of para-hydroxylation sites is 1. The molecule has 2 aromatic rings. The van der Waals surface area contributed by atoms with Crippen molar-refractivity contribution in [2.24, 2.45) is 9.98 Å². The van der Waals surface area contributed by atoms with E-state index in [1.54, 1.807) is 37.3 Å². The van der Waals surface area contributed by atoms with Crippen molar-refractivity contribution in [3.63, 3.8) is 0 Å². The number of halogens is 3. The standard InChI is InChI=1S/C22H21F3N4O2/c1-2-31-19(14-28-17-10-6-7-15(13-17)22(23,24)25)21(30)20(27)18(11-12-26)29-16-8-4-3-5-9-16/h3-10,12-14,19,26-27H,2,11H2,1H3. The van der Waals surface area contributed by atoms with Crippen LogP contribution < -0.4 is 0 Å². The van der Waals surface area contributed by atoms with Crippen molar-refractivity contribution in [2.75, 3.05) is 6.61 Å². The van der Waals surface area contributed by atoms with E-state index in [0.717, 1.165) is 24.6 Å². The van der Waals surface area contributed by atoms with E-state index in [9.17, 15) is 18.0 Å². The summed E-state index contributed by atoms with van der Waals surface area (Å²) < 4.78 is 44.0. The summed E-state index contributed by atoms with van der Waals surface area (Å²) in [7, 11) is 0. The van der Waals surface area contributed by atoms with Crippen molar-refractivity contribution >= 4 is 41.0 Å². The third-order valence-corrected chi connectivity index (χ3v) is 3.99. The zero-order valence-electron chi connectivity index (χ0n) is 16.7. The summed E-state index contributed by atoms with van der Waals surface area (Å²) >= 11 is 0. The summed E-state index contributed by atoms with van der Waals surface area (Å²) in [5.74, 6) is -0.755. The molecule has 0 aliphatic heterocycles. The Bertz CT molecular complexity index is 986. The molecule has 162 valence electrons. The molecule has 0 saturated heterocycles. The molecule has 0 saturated carbocycles. The van der Waals surface area contributed by atoms with Crippen LogP contribution in [0.2, 0.25) is 0 Å². The number of ketones is 1. The van der Waals surface area contributed by atoms with Gasteiger partial charge in [-0.25, -0.2) is 0 Å². The smallest absolute Gasteiger partial charge is 0.365 e. The average Bonchev–Trinajstić information content (AvgIpc) is 2.75. The molecule has 0 aromatic heterocycles. The molecule has 2 rings (SSSR count). The summed E-state index contributed by atoms with van der Waals surface area (Å²) in [6, 6.07) is 13.0. The third kappa shape index (κ3) is 7.07. The molecule has 0 amide bonds. The number of ether oxygens (including phenoxy) is 1. The summed E-state index contributed by atoms with van der Waals surface area (Å²) in [6.07, 6.45) is -3.74. The van der Waals surface area contributed by atoms with Crippen LogP contribution in [-0.4, -0.2) is 42.3 Å². The molecule has 9 heteroatoms. The van der Waals surface area contributed by atoms with E-state index in [2.05, 4.69) is 9.98 Å². The summed E-state index contributed by atoms with van der Waals surface area (Å²) in [6.45, 7) is 1.76. The van der Waals surface area contributed by atoms with E-state index in [4.69, 9.17) is 15.6 Å². The Balaban J connectivity index is 2.27. The Kier molecular flexibility index (Phi) is 8.51. The number of nitrogens with zero attached hydrogens (tertiary/aromatic N) is 2. The first-order valence-electron chi connectivity index (χ1n) is 9.34. The van der Waals surface area contributed by atoms with Crippen LogP contribution in [0.1, 0.15) is 18.9 Å². The first-order chi connectivity index (χ1) is 14.8. The highest BCUT2D eigenvalue weighted by Crippen LogP contribution is 2.31. The van der Waals surface area contributed by atoms with Crippen LogP contribution in [-0.2, 0) is 15.7 Å². The molecule has 0 radical (unpaired) electrons. The fourth-order valence-electron chi connectivity index (χ4n) is 2.53. The minimum atomic E-state index is -4.52. The Labute approximate surface area is 177 Å².